The predicted molar refractivity (Wildman–Crippen MR) is 97.0 cm³/mol. The number of hydrogen-bond acceptors (Lipinski definition) is 5. The van der Waals surface area contributed by atoms with Gasteiger partial charge in [0, 0.05) is 31.1 Å². The molecule has 0 spiro atoms. The van der Waals surface area contributed by atoms with Crippen molar-refractivity contribution in [2.45, 2.75) is 32.0 Å². The van der Waals surface area contributed by atoms with Crippen LogP contribution in [0.15, 0.2) is 35.7 Å². The Kier molecular flexibility index (Phi) is 6.12. The summed E-state index contributed by atoms with van der Waals surface area (Å²) in [6.07, 6.45) is 2.69. The van der Waals surface area contributed by atoms with Crippen LogP contribution in [0.1, 0.15) is 23.3 Å². The maximum Gasteiger partial charge on any atom is 0.161 e. The summed E-state index contributed by atoms with van der Waals surface area (Å²) in [6.45, 7) is 3.68. The molecule has 5 heteroatoms. The van der Waals surface area contributed by atoms with Crippen molar-refractivity contribution >= 4 is 11.3 Å². The zero-order valence-corrected chi connectivity index (χ0v) is 15.2. The molecule has 1 aliphatic heterocycles. The summed E-state index contributed by atoms with van der Waals surface area (Å²) in [4.78, 5) is 3.84. The van der Waals surface area contributed by atoms with Crippen LogP contribution in [-0.4, -0.2) is 38.4 Å². The molecule has 1 saturated heterocycles. The standard InChI is InChI=1S/C19H25NO3S/c1-21-18-8-7-15(11-19(18)22-2)12-20(13-16-5-3-9-23-16)14-17-6-4-10-24-17/h4,6-8,10-11,16H,3,5,9,12-14H2,1-2H3. The van der Waals surface area contributed by atoms with E-state index in [9.17, 15) is 0 Å². The summed E-state index contributed by atoms with van der Waals surface area (Å²) in [5.74, 6) is 1.55. The number of nitrogens with zero attached hydrogens (tertiary/aromatic N) is 1. The molecule has 1 aromatic heterocycles. The average Bonchev–Trinajstić information content (AvgIpc) is 3.28. The maximum absolute atomic E-state index is 5.84. The number of ether oxygens (including phenoxy) is 3. The van der Waals surface area contributed by atoms with E-state index in [2.05, 4.69) is 34.5 Å². The lowest BCUT2D eigenvalue weighted by Gasteiger charge is -2.25. The fraction of sp³-hybridized carbons (Fsp3) is 0.474. The molecule has 0 saturated carbocycles. The molecule has 130 valence electrons. The Hall–Kier alpha value is -1.56. The van der Waals surface area contributed by atoms with Gasteiger partial charge < -0.3 is 14.2 Å². The second kappa shape index (κ2) is 8.51. The molecule has 2 aromatic rings. The number of rotatable bonds is 8. The highest BCUT2D eigenvalue weighted by molar-refractivity contribution is 7.09. The van der Waals surface area contributed by atoms with Gasteiger partial charge in [-0.1, -0.05) is 12.1 Å². The quantitative estimate of drug-likeness (QED) is 0.723. The topological polar surface area (TPSA) is 30.9 Å². The van der Waals surface area contributed by atoms with E-state index in [4.69, 9.17) is 14.2 Å². The molecule has 2 heterocycles. The SMILES string of the molecule is COc1ccc(CN(Cc2cccs2)CC2CCCO2)cc1OC. The van der Waals surface area contributed by atoms with Gasteiger partial charge >= 0.3 is 0 Å². The zero-order chi connectivity index (χ0) is 16.8. The van der Waals surface area contributed by atoms with Crippen molar-refractivity contribution in [1.82, 2.24) is 4.90 Å². The molecule has 0 bridgehead atoms. The van der Waals surface area contributed by atoms with Gasteiger partial charge in [0.15, 0.2) is 11.5 Å². The Morgan fingerprint density at radius 3 is 2.71 bits per heavy atom. The average molecular weight is 347 g/mol. The van der Waals surface area contributed by atoms with Gasteiger partial charge in [0.2, 0.25) is 0 Å². The minimum Gasteiger partial charge on any atom is -0.493 e. The van der Waals surface area contributed by atoms with Crippen LogP contribution in [-0.2, 0) is 17.8 Å². The van der Waals surface area contributed by atoms with Crippen LogP contribution >= 0.6 is 11.3 Å². The summed E-state index contributed by atoms with van der Waals surface area (Å²) in [6, 6.07) is 10.5. The Bertz CT molecular complexity index is 624. The van der Waals surface area contributed by atoms with E-state index < -0.39 is 0 Å². The van der Waals surface area contributed by atoms with E-state index >= 15 is 0 Å². The lowest BCUT2D eigenvalue weighted by molar-refractivity contribution is 0.0682. The molecule has 1 atom stereocenters. The molecule has 0 aliphatic carbocycles. The lowest BCUT2D eigenvalue weighted by Crippen LogP contribution is -2.31. The number of thiophene rings is 1. The van der Waals surface area contributed by atoms with Crippen LogP contribution in [0.2, 0.25) is 0 Å². The van der Waals surface area contributed by atoms with E-state index in [0.29, 0.717) is 6.10 Å². The molecular weight excluding hydrogens is 322 g/mol. The largest absolute Gasteiger partial charge is 0.493 e. The smallest absolute Gasteiger partial charge is 0.161 e. The Morgan fingerprint density at radius 1 is 1.17 bits per heavy atom. The first kappa shape index (κ1) is 17.3. The first-order valence-corrected chi connectivity index (χ1v) is 9.23. The number of hydrogen-bond donors (Lipinski definition) is 0. The van der Waals surface area contributed by atoms with Crippen molar-refractivity contribution in [1.29, 1.82) is 0 Å². The summed E-state index contributed by atoms with van der Waals surface area (Å²) < 4.78 is 16.6. The third-order valence-electron chi connectivity index (χ3n) is 4.30. The fourth-order valence-electron chi connectivity index (χ4n) is 3.12. The highest BCUT2D eigenvalue weighted by Crippen LogP contribution is 2.28. The first-order chi connectivity index (χ1) is 11.8. The summed E-state index contributed by atoms with van der Waals surface area (Å²) in [7, 11) is 3.34. The van der Waals surface area contributed by atoms with Gasteiger partial charge in [0.25, 0.3) is 0 Å². The molecule has 1 aliphatic rings. The first-order valence-electron chi connectivity index (χ1n) is 8.35. The molecule has 1 fully saturated rings. The van der Waals surface area contributed by atoms with Gasteiger partial charge in [0.1, 0.15) is 0 Å². The minimum absolute atomic E-state index is 0.352. The monoisotopic (exact) mass is 347 g/mol. The molecule has 3 rings (SSSR count). The van der Waals surface area contributed by atoms with Crippen LogP contribution in [0.5, 0.6) is 11.5 Å². The van der Waals surface area contributed by atoms with Gasteiger partial charge in [-0.2, -0.15) is 0 Å². The molecule has 1 unspecified atom stereocenters. The van der Waals surface area contributed by atoms with Gasteiger partial charge in [-0.3, -0.25) is 4.90 Å². The predicted octanol–water partition coefficient (Wildman–Crippen LogP) is 3.95. The molecular formula is C19H25NO3S. The van der Waals surface area contributed by atoms with Crippen molar-refractivity contribution in [3.05, 3.63) is 46.2 Å². The molecule has 1 aromatic carbocycles. The molecule has 0 N–H and O–H groups in total. The van der Waals surface area contributed by atoms with Crippen molar-refractivity contribution in [3.63, 3.8) is 0 Å². The van der Waals surface area contributed by atoms with E-state index in [0.717, 1.165) is 44.2 Å². The Labute approximate surface area is 148 Å². The number of methoxy groups -OCH3 is 2. The number of benzene rings is 1. The third-order valence-corrected chi connectivity index (χ3v) is 5.16. The fourth-order valence-corrected chi connectivity index (χ4v) is 3.87. The van der Waals surface area contributed by atoms with Crippen LogP contribution in [0, 0.1) is 0 Å². The second-order valence-electron chi connectivity index (χ2n) is 6.07. The summed E-state index contributed by atoms with van der Waals surface area (Å²) in [5, 5.41) is 2.13. The molecule has 24 heavy (non-hydrogen) atoms. The Morgan fingerprint density at radius 2 is 2.04 bits per heavy atom. The van der Waals surface area contributed by atoms with Crippen LogP contribution in [0.25, 0.3) is 0 Å². The van der Waals surface area contributed by atoms with Crippen molar-refractivity contribution in [3.8, 4) is 11.5 Å². The van der Waals surface area contributed by atoms with Crippen molar-refractivity contribution in [2.24, 2.45) is 0 Å². The van der Waals surface area contributed by atoms with E-state index in [1.54, 1.807) is 25.6 Å². The van der Waals surface area contributed by atoms with Crippen molar-refractivity contribution in [2.75, 3.05) is 27.4 Å². The van der Waals surface area contributed by atoms with Crippen molar-refractivity contribution < 1.29 is 14.2 Å². The highest BCUT2D eigenvalue weighted by atomic mass is 32.1. The molecule has 0 amide bonds. The van der Waals surface area contributed by atoms with Crippen LogP contribution < -0.4 is 9.47 Å². The molecule has 0 radical (unpaired) electrons. The zero-order valence-electron chi connectivity index (χ0n) is 14.4. The van der Waals surface area contributed by atoms with E-state index in [1.807, 2.05) is 6.07 Å². The lowest BCUT2D eigenvalue weighted by atomic mass is 10.1. The van der Waals surface area contributed by atoms with Crippen LogP contribution in [0.4, 0.5) is 0 Å². The van der Waals surface area contributed by atoms with Crippen LogP contribution in [0.3, 0.4) is 0 Å². The maximum atomic E-state index is 5.84. The highest BCUT2D eigenvalue weighted by Gasteiger charge is 2.20. The summed E-state index contributed by atoms with van der Waals surface area (Å²) >= 11 is 1.81. The van der Waals surface area contributed by atoms with Gasteiger partial charge in [0.05, 0.1) is 20.3 Å². The second-order valence-corrected chi connectivity index (χ2v) is 7.11. The Balaban J connectivity index is 1.72. The van der Waals surface area contributed by atoms with E-state index in [1.165, 1.54) is 16.9 Å². The normalized spacial score (nSPS) is 17.4. The minimum atomic E-state index is 0.352. The van der Waals surface area contributed by atoms with Gasteiger partial charge in [-0.25, -0.2) is 0 Å². The van der Waals surface area contributed by atoms with Gasteiger partial charge in [-0.15, -0.1) is 11.3 Å². The third kappa shape index (κ3) is 4.50. The summed E-state index contributed by atoms with van der Waals surface area (Å²) in [5.41, 5.74) is 1.22. The molecule has 4 nitrogen and oxygen atoms in total. The van der Waals surface area contributed by atoms with E-state index in [-0.39, 0.29) is 0 Å². The van der Waals surface area contributed by atoms with Gasteiger partial charge in [-0.05, 0) is 42.0 Å².